The number of anilines is 3. The van der Waals surface area contributed by atoms with E-state index in [4.69, 9.17) is 0 Å². The van der Waals surface area contributed by atoms with E-state index >= 15 is 0 Å². The third-order valence-corrected chi connectivity index (χ3v) is 13.3. The van der Waals surface area contributed by atoms with Crippen molar-refractivity contribution in [3.05, 3.63) is 231 Å². The molecule has 0 radical (unpaired) electrons. The van der Waals surface area contributed by atoms with Crippen LogP contribution in [-0.2, 0) is 0 Å². The maximum absolute atomic E-state index is 2.43. The number of nitrogens with zero attached hydrogens (tertiary/aromatic N) is 2. The molecule has 61 heavy (non-hydrogen) atoms. The summed E-state index contributed by atoms with van der Waals surface area (Å²) in [7, 11) is 0. The molecule has 10 aromatic carbocycles. The molecule has 0 aliphatic heterocycles. The molecule has 0 amide bonds. The van der Waals surface area contributed by atoms with Crippen molar-refractivity contribution in [2.75, 3.05) is 4.90 Å². The zero-order valence-corrected chi connectivity index (χ0v) is 34.1. The zero-order valence-electron chi connectivity index (χ0n) is 33.2. The number of aromatic nitrogens is 1. The number of hydrogen-bond acceptors (Lipinski definition) is 2. The maximum atomic E-state index is 2.43. The Morgan fingerprint density at radius 3 is 1.48 bits per heavy atom. The van der Waals surface area contributed by atoms with E-state index in [1.807, 2.05) is 11.3 Å². The molecule has 0 spiro atoms. The van der Waals surface area contributed by atoms with E-state index in [0.717, 1.165) is 22.7 Å². The van der Waals surface area contributed by atoms with Crippen LogP contribution in [0.3, 0.4) is 0 Å². The summed E-state index contributed by atoms with van der Waals surface area (Å²) in [5, 5.41) is 7.60. The molecular weight excluding hydrogens is 757 g/mol. The summed E-state index contributed by atoms with van der Waals surface area (Å²) < 4.78 is 5.02. The summed E-state index contributed by atoms with van der Waals surface area (Å²) in [4.78, 5) is 2.43. The minimum absolute atomic E-state index is 1.08. The number of thiophene rings is 1. The second-order valence-corrected chi connectivity index (χ2v) is 16.8. The minimum Gasteiger partial charge on any atom is -0.310 e. The van der Waals surface area contributed by atoms with Gasteiger partial charge in [0.1, 0.15) is 0 Å². The third-order valence-electron chi connectivity index (χ3n) is 12.1. The summed E-state index contributed by atoms with van der Waals surface area (Å²) in [5.74, 6) is 0. The van der Waals surface area contributed by atoms with Crippen LogP contribution in [-0.4, -0.2) is 4.57 Å². The Morgan fingerprint density at radius 2 is 0.803 bits per heavy atom. The first-order valence-electron chi connectivity index (χ1n) is 20.8. The van der Waals surface area contributed by atoms with Crippen LogP contribution in [0.1, 0.15) is 0 Å². The van der Waals surface area contributed by atoms with E-state index in [0.29, 0.717) is 0 Å². The van der Waals surface area contributed by atoms with Crippen LogP contribution in [0.4, 0.5) is 17.1 Å². The summed E-state index contributed by atoms with van der Waals surface area (Å²) >= 11 is 1.86. The van der Waals surface area contributed by atoms with E-state index in [-0.39, 0.29) is 0 Å². The second kappa shape index (κ2) is 14.5. The zero-order chi connectivity index (χ0) is 40.3. The van der Waals surface area contributed by atoms with Crippen molar-refractivity contribution < 1.29 is 0 Å². The number of fused-ring (bicyclic) bond motifs is 7. The van der Waals surface area contributed by atoms with Crippen molar-refractivity contribution in [1.82, 2.24) is 4.57 Å². The SMILES string of the molecule is c1ccc(-c2cccc3cccc(-c4cccc(N(c5cccc(-c6cccc7sc8ccccc8c67)c5)c5cccc(-n6c7ccccc7c7ccccc76)c5)c4)c23)cc1. The Bertz CT molecular complexity index is 3550. The van der Waals surface area contributed by atoms with Gasteiger partial charge in [0.2, 0.25) is 0 Å². The highest BCUT2D eigenvalue weighted by molar-refractivity contribution is 7.25. The lowest BCUT2D eigenvalue weighted by molar-refractivity contribution is 1.17. The van der Waals surface area contributed by atoms with Crippen molar-refractivity contribution in [3.8, 4) is 39.1 Å². The highest BCUT2D eigenvalue weighted by Crippen LogP contribution is 2.44. The molecule has 2 nitrogen and oxygen atoms in total. The van der Waals surface area contributed by atoms with Crippen molar-refractivity contribution in [1.29, 1.82) is 0 Å². The molecule has 0 atom stereocenters. The lowest BCUT2D eigenvalue weighted by atomic mass is 9.91. The van der Waals surface area contributed by atoms with Crippen LogP contribution in [0, 0.1) is 0 Å². The van der Waals surface area contributed by atoms with Gasteiger partial charge in [0.25, 0.3) is 0 Å². The first-order chi connectivity index (χ1) is 30.3. The Morgan fingerprint density at radius 1 is 0.328 bits per heavy atom. The number of para-hydroxylation sites is 2. The van der Waals surface area contributed by atoms with Gasteiger partial charge in [-0.25, -0.2) is 0 Å². The van der Waals surface area contributed by atoms with Gasteiger partial charge in [0, 0.05) is 53.7 Å². The van der Waals surface area contributed by atoms with Crippen molar-refractivity contribution in [2.24, 2.45) is 0 Å². The summed E-state index contributed by atoms with van der Waals surface area (Å²) in [6.45, 7) is 0. The Balaban J connectivity index is 1.07. The average molecular weight is 795 g/mol. The molecule has 0 N–H and O–H groups in total. The van der Waals surface area contributed by atoms with Gasteiger partial charge in [-0.2, -0.15) is 0 Å². The van der Waals surface area contributed by atoms with Gasteiger partial charge in [-0.1, -0.05) is 164 Å². The molecule has 0 saturated heterocycles. The van der Waals surface area contributed by atoms with Crippen LogP contribution in [0.5, 0.6) is 0 Å². The molecule has 0 aliphatic carbocycles. The summed E-state index contributed by atoms with van der Waals surface area (Å²) in [6.07, 6.45) is 0. The third kappa shape index (κ3) is 5.93. The molecule has 0 fully saturated rings. The van der Waals surface area contributed by atoms with Gasteiger partial charge in [0.05, 0.1) is 11.0 Å². The molecule has 12 aromatic rings. The van der Waals surface area contributed by atoms with Crippen LogP contribution in [0.2, 0.25) is 0 Å². The quantitative estimate of drug-likeness (QED) is 0.156. The standard InChI is InChI=1S/C58H38N2S/c1-2-16-39(17-3-1)47-29-12-18-40-19-13-30-48(57(40)47)41-20-10-22-43(36-41)59(44-23-11-21-42(37-44)49-31-15-35-56-58(49)52-28-6-9-34-55(52)61-56)45-24-14-25-46(38-45)60-53-32-7-4-26-50(53)51-27-5-8-33-54(51)60/h1-38H. The maximum Gasteiger partial charge on any atom is 0.0541 e. The predicted octanol–water partition coefficient (Wildman–Crippen LogP) is 16.8. The molecule has 12 rings (SSSR count). The largest absolute Gasteiger partial charge is 0.310 e. The van der Waals surface area contributed by atoms with Crippen LogP contribution >= 0.6 is 11.3 Å². The number of benzene rings is 10. The second-order valence-electron chi connectivity index (χ2n) is 15.7. The Kier molecular flexibility index (Phi) is 8.39. The number of rotatable bonds is 7. The van der Waals surface area contributed by atoms with E-state index in [1.165, 1.54) is 86.1 Å². The molecular formula is C58H38N2S. The van der Waals surface area contributed by atoms with Gasteiger partial charge >= 0.3 is 0 Å². The van der Waals surface area contributed by atoms with Crippen LogP contribution in [0.25, 0.3) is 91.8 Å². The summed E-state index contributed by atoms with van der Waals surface area (Å²) in [6, 6.07) is 84.2. The van der Waals surface area contributed by atoms with E-state index < -0.39 is 0 Å². The predicted molar refractivity (Wildman–Crippen MR) is 262 cm³/mol. The Hall–Kier alpha value is -7.72. The first-order valence-corrected chi connectivity index (χ1v) is 21.7. The molecule has 286 valence electrons. The topological polar surface area (TPSA) is 8.17 Å². The molecule has 0 bridgehead atoms. The smallest absolute Gasteiger partial charge is 0.0541 e. The fourth-order valence-corrected chi connectivity index (χ4v) is 10.6. The molecule has 2 aromatic heterocycles. The molecule has 0 saturated carbocycles. The molecule has 0 aliphatic rings. The van der Waals surface area contributed by atoms with E-state index in [9.17, 15) is 0 Å². The van der Waals surface area contributed by atoms with Crippen molar-refractivity contribution >= 4 is 81.1 Å². The fraction of sp³-hybridized carbons (Fsp3) is 0. The minimum atomic E-state index is 1.08. The lowest BCUT2D eigenvalue weighted by Crippen LogP contribution is -2.11. The average Bonchev–Trinajstić information content (AvgIpc) is 3.88. The highest BCUT2D eigenvalue weighted by atomic mass is 32.1. The molecule has 0 unspecified atom stereocenters. The van der Waals surface area contributed by atoms with Gasteiger partial charge in [-0.3, -0.25) is 0 Å². The molecule has 3 heteroatoms. The van der Waals surface area contributed by atoms with Crippen molar-refractivity contribution in [2.45, 2.75) is 0 Å². The fourth-order valence-electron chi connectivity index (χ4n) is 9.50. The van der Waals surface area contributed by atoms with E-state index in [1.54, 1.807) is 0 Å². The highest BCUT2D eigenvalue weighted by Gasteiger charge is 2.19. The van der Waals surface area contributed by atoms with E-state index in [2.05, 4.69) is 240 Å². The van der Waals surface area contributed by atoms with Gasteiger partial charge in [-0.15, -0.1) is 11.3 Å². The number of hydrogen-bond donors (Lipinski definition) is 0. The van der Waals surface area contributed by atoms with Crippen LogP contribution in [0.15, 0.2) is 231 Å². The van der Waals surface area contributed by atoms with Gasteiger partial charge in [-0.05, 0) is 111 Å². The first kappa shape index (κ1) is 35.2. The monoisotopic (exact) mass is 794 g/mol. The normalized spacial score (nSPS) is 11.6. The Labute approximate surface area is 358 Å². The lowest BCUT2D eigenvalue weighted by Gasteiger charge is -2.27. The van der Waals surface area contributed by atoms with Gasteiger partial charge in [0.15, 0.2) is 0 Å². The van der Waals surface area contributed by atoms with Gasteiger partial charge < -0.3 is 9.47 Å². The summed E-state index contributed by atoms with van der Waals surface area (Å²) in [5.41, 5.74) is 14.0. The van der Waals surface area contributed by atoms with Crippen LogP contribution < -0.4 is 4.90 Å². The van der Waals surface area contributed by atoms with Crippen molar-refractivity contribution in [3.63, 3.8) is 0 Å². The molecule has 2 heterocycles.